The Balaban J connectivity index is 1.76. The molecule has 6 nitrogen and oxygen atoms in total. The number of likely N-dealkylation sites (N-methyl/N-ethyl adjacent to an activating group) is 1. The standard InChI is InChI=1S/C20H20N4O2/c1-24(12-14-7-9-15(26-2)10-8-14)13-19(25)16(11-21)20-22-17-5-3-4-6-18(17)23-20/h3-10,25H,12-13H2,1-2H3,(H,22,23)/b19-16-. The van der Waals surface area contributed by atoms with Crippen LogP contribution in [-0.4, -0.2) is 40.7 Å². The first-order valence-electron chi connectivity index (χ1n) is 8.19. The van der Waals surface area contributed by atoms with Crippen LogP contribution < -0.4 is 4.74 Å². The van der Waals surface area contributed by atoms with Crippen molar-refractivity contribution in [1.82, 2.24) is 14.9 Å². The van der Waals surface area contributed by atoms with Gasteiger partial charge < -0.3 is 14.8 Å². The second-order valence-electron chi connectivity index (χ2n) is 6.06. The number of benzene rings is 2. The molecule has 132 valence electrons. The van der Waals surface area contributed by atoms with Crippen molar-refractivity contribution in [3.05, 3.63) is 65.7 Å². The van der Waals surface area contributed by atoms with Crippen molar-refractivity contribution in [2.75, 3.05) is 20.7 Å². The van der Waals surface area contributed by atoms with Crippen molar-refractivity contribution >= 4 is 16.6 Å². The summed E-state index contributed by atoms with van der Waals surface area (Å²) in [5.74, 6) is 1.17. The summed E-state index contributed by atoms with van der Waals surface area (Å²) in [7, 11) is 3.51. The molecule has 0 fully saturated rings. The highest BCUT2D eigenvalue weighted by atomic mass is 16.5. The van der Waals surface area contributed by atoms with E-state index in [-0.39, 0.29) is 17.9 Å². The summed E-state index contributed by atoms with van der Waals surface area (Å²) in [6.07, 6.45) is 0. The number of nitrogens with zero attached hydrogens (tertiary/aromatic N) is 3. The number of allylic oxidation sites excluding steroid dienone is 1. The maximum Gasteiger partial charge on any atom is 0.152 e. The van der Waals surface area contributed by atoms with Gasteiger partial charge in [-0.25, -0.2) is 4.98 Å². The molecule has 2 aromatic carbocycles. The third kappa shape index (κ3) is 3.85. The van der Waals surface area contributed by atoms with Gasteiger partial charge in [-0.15, -0.1) is 0 Å². The number of imidazole rings is 1. The summed E-state index contributed by atoms with van der Waals surface area (Å²) < 4.78 is 5.15. The summed E-state index contributed by atoms with van der Waals surface area (Å²) in [4.78, 5) is 9.39. The lowest BCUT2D eigenvalue weighted by Crippen LogP contribution is -2.21. The molecule has 3 aromatic rings. The summed E-state index contributed by atoms with van der Waals surface area (Å²) >= 11 is 0. The molecular weight excluding hydrogens is 328 g/mol. The van der Waals surface area contributed by atoms with Crippen molar-refractivity contribution in [3.63, 3.8) is 0 Å². The molecule has 0 saturated carbocycles. The largest absolute Gasteiger partial charge is 0.509 e. The van der Waals surface area contributed by atoms with Gasteiger partial charge in [-0.3, -0.25) is 4.90 Å². The number of aliphatic hydroxyl groups excluding tert-OH is 1. The van der Waals surface area contributed by atoms with E-state index in [0.29, 0.717) is 12.4 Å². The van der Waals surface area contributed by atoms with Crippen LogP contribution >= 0.6 is 0 Å². The van der Waals surface area contributed by atoms with Gasteiger partial charge in [0.1, 0.15) is 23.2 Å². The molecule has 0 unspecified atom stereocenters. The molecule has 0 saturated heterocycles. The number of aromatic amines is 1. The van der Waals surface area contributed by atoms with Gasteiger partial charge in [0.25, 0.3) is 0 Å². The number of methoxy groups -OCH3 is 1. The monoisotopic (exact) mass is 348 g/mol. The van der Waals surface area contributed by atoms with E-state index in [1.54, 1.807) is 7.11 Å². The van der Waals surface area contributed by atoms with Crippen molar-refractivity contribution < 1.29 is 9.84 Å². The molecule has 1 aromatic heterocycles. The Bertz CT molecular complexity index is 934. The van der Waals surface area contributed by atoms with Crippen LogP contribution in [0.5, 0.6) is 5.75 Å². The predicted octanol–water partition coefficient (Wildman–Crippen LogP) is 3.50. The van der Waals surface area contributed by atoms with Crippen LogP contribution in [0.4, 0.5) is 0 Å². The third-order valence-electron chi connectivity index (χ3n) is 4.06. The average molecular weight is 348 g/mol. The SMILES string of the molecule is COc1ccc(CN(C)C/C(O)=C(\C#N)c2nc3ccccc3[nH]2)cc1. The van der Waals surface area contributed by atoms with Crippen LogP contribution in [0.15, 0.2) is 54.3 Å². The van der Waals surface area contributed by atoms with E-state index in [0.717, 1.165) is 22.3 Å². The van der Waals surface area contributed by atoms with Gasteiger partial charge in [0.2, 0.25) is 0 Å². The lowest BCUT2D eigenvalue weighted by atomic mass is 10.2. The number of nitrogens with one attached hydrogen (secondary N) is 1. The minimum Gasteiger partial charge on any atom is -0.509 e. The molecule has 0 aliphatic rings. The molecule has 0 aliphatic carbocycles. The Morgan fingerprint density at radius 1 is 1.23 bits per heavy atom. The van der Waals surface area contributed by atoms with Crippen LogP contribution in [0.25, 0.3) is 16.6 Å². The zero-order valence-electron chi connectivity index (χ0n) is 14.7. The first kappa shape index (κ1) is 17.5. The molecule has 0 atom stereocenters. The molecule has 2 N–H and O–H groups in total. The van der Waals surface area contributed by atoms with Crippen LogP contribution in [0.2, 0.25) is 0 Å². The minimum absolute atomic E-state index is 0.0115. The number of H-pyrrole nitrogens is 1. The lowest BCUT2D eigenvalue weighted by Gasteiger charge is -2.17. The number of aromatic nitrogens is 2. The highest BCUT2D eigenvalue weighted by Crippen LogP contribution is 2.19. The first-order valence-corrected chi connectivity index (χ1v) is 8.19. The molecule has 1 heterocycles. The van der Waals surface area contributed by atoms with E-state index < -0.39 is 0 Å². The number of aliphatic hydroxyl groups is 1. The normalized spacial score (nSPS) is 12.1. The third-order valence-corrected chi connectivity index (χ3v) is 4.06. The van der Waals surface area contributed by atoms with E-state index >= 15 is 0 Å². The van der Waals surface area contributed by atoms with Gasteiger partial charge in [0.05, 0.1) is 24.7 Å². The summed E-state index contributed by atoms with van der Waals surface area (Å²) in [5, 5.41) is 19.9. The van der Waals surface area contributed by atoms with Crippen LogP contribution in [-0.2, 0) is 6.54 Å². The molecule has 0 spiro atoms. The van der Waals surface area contributed by atoms with Gasteiger partial charge in [-0.05, 0) is 36.9 Å². The van der Waals surface area contributed by atoms with Crippen molar-refractivity contribution in [2.24, 2.45) is 0 Å². The van der Waals surface area contributed by atoms with E-state index in [2.05, 4.69) is 16.0 Å². The van der Waals surface area contributed by atoms with Gasteiger partial charge in [0, 0.05) is 6.54 Å². The van der Waals surface area contributed by atoms with Gasteiger partial charge in [0.15, 0.2) is 5.82 Å². The zero-order chi connectivity index (χ0) is 18.5. The number of fused-ring (bicyclic) bond motifs is 1. The summed E-state index contributed by atoms with van der Waals surface area (Å²) in [6, 6.07) is 17.3. The Morgan fingerprint density at radius 2 is 1.96 bits per heavy atom. The predicted molar refractivity (Wildman–Crippen MR) is 101 cm³/mol. The Labute approximate surface area is 152 Å². The van der Waals surface area contributed by atoms with Crippen molar-refractivity contribution in [2.45, 2.75) is 6.54 Å². The molecule has 3 rings (SSSR count). The van der Waals surface area contributed by atoms with E-state index in [1.165, 1.54) is 0 Å². The molecule has 0 aliphatic heterocycles. The number of rotatable bonds is 6. The van der Waals surface area contributed by atoms with E-state index in [4.69, 9.17) is 4.74 Å². The minimum atomic E-state index is -0.0115. The smallest absolute Gasteiger partial charge is 0.152 e. The second-order valence-corrected chi connectivity index (χ2v) is 6.06. The number of ether oxygens (including phenoxy) is 1. The summed E-state index contributed by atoms with van der Waals surface area (Å²) in [5.41, 5.74) is 2.83. The molecule has 26 heavy (non-hydrogen) atoms. The van der Waals surface area contributed by atoms with Gasteiger partial charge >= 0.3 is 0 Å². The fourth-order valence-electron chi connectivity index (χ4n) is 2.76. The van der Waals surface area contributed by atoms with Crippen molar-refractivity contribution in [3.8, 4) is 11.8 Å². The highest BCUT2D eigenvalue weighted by molar-refractivity contribution is 5.82. The highest BCUT2D eigenvalue weighted by Gasteiger charge is 2.14. The molecule has 0 amide bonds. The van der Waals surface area contributed by atoms with Crippen LogP contribution in [0, 0.1) is 11.3 Å². The molecule has 0 radical (unpaired) electrons. The van der Waals surface area contributed by atoms with E-state index in [9.17, 15) is 10.4 Å². The molecule has 6 heteroatoms. The number of hydrogen-bond donors (Lipinski definition) is 2. The molecule has 0 bridgehead atoms. The quantitative estimate of drug-likeness (QED) is 0.526. The molecular formula is C20H20N4O2. The van der Waals surface area contributed by atoms with E-state index in [1.807, 2.05) is 60.5 Å². The topological polar surface area (TPSA) is 85.2 Å². The number of para-hydroxylation sites is 2. The summed E-state index contributed by atoms with van der Waals surface area (Å²) in [6.45, 7) is 0.874. The van der Waals surface area contributed by atoms with Crippen molar-refractivity contribution in [1.29, 1.82) is 5.26 Å². The fraction of sp³-hybridized carbons (Fsp3) is 0.200. The fourth-order valence-corrected chi connectivity index (χ4v) is 2.76. The second kappa shape index (κ2) is 7.72. The Kier molecular flexibility index (Phi) is 5.20. The Hall–Kier alpha value is -3.30. The maximum absolute atomic E-state index is 10.5. The lowest BCUT2D eigenvalue weighted by molar-refractivity contribution is 0.285. The first-order chi connectivity index (χ1) is 12.6. The number of nitriles is 1. The van der Waals surface area contributed by atoms with Crippen LogP contribution in [0.3, 0.4) is 0 Å². The van der Waals surface area contributed by atoms with Crippen LogP contribution in [0.1, 0.15) is 11.4 Å². The maximum atomic E-state index is 10.5. The van der Waals surface area contributed by atoms with Gasteiger partial charge in [-0.1, -0.05) is 24.3 Å². The Morgan fingerprint density at radius 3 is 2.62 bits per heavy atom. The zero-order valence-corrected chi connectivity index (χ0v) is 14.7. The average Bonchev–Trinajstić information content (AvgIpc) is 3.06. The van der Waals surface area contributed by atoms with Gasteiger partial charge in [-0.2, -0.15) is 5.26 Å². The number of hydrogen-bond acceptors (Lipinski definition) is 5.